The van der Waals surface area contributed by atoms with Gasteiger partial charge >= 0.3 is 17.9 Å². The zero-order valence-electron chi connectivity index (χ0n) is 18.7. The van der Waals surface area contributed by atoms with Crippen molar-refractivity contribution in [3.63, 3.8) is 0 Å². The van der Waals surface area contributed by atoms with Gasteiger partial charge in [0.1, 0.15) is 19.3 Å². The first-order valence-corrected chi connectivity index (χ1v) is 10.9. The van der Waals surface area contributed by atoms with Crippen molar-refractivity contribution in [2.24, 2.45) is 0 Å². The zero-order chi connectivity index (χ0) is 24.7. The summed E-state index contributed by atoms with van der Waals surface area (Å²) in [4.78, 5) is 38.1. The van der Waals surface area contributed by atoms with Crippen LogP contribution in [0, 0.1) is 12.3 Å². The van der Waals surface area contributed by atoms with Crippen LogP contribution in [0.5, 0.6) is 0 Å². The third kappa shape index (κ3) is 5.40. The van der Waals surface area contributed by atoms with Gasteiger partial charge in [0, 0.05) is 0 Å². The van der Waals surface area contributed by atoms with Gasteiger partial charge in [-0.15, -0.1) is 6.42 Å². The molecule has 3 atom stereocenters. The summed E-state index contributed by atoms with van der Waals surface area (Å²) in [6.45, 7) is -0.519. The van der Waals surface area contributed by atoms with Gasteiger partial charge < -0.3 is 18.9 Å². The Bertz CT molecular complexity index is 1220. The Balaban J connectivity index is 1.56. The van der Waals surface area contributed by atoms with Crippen LogP contribution in [0.3, 0.4) is 0 Å². The molecule has 1 fully saturated rings. The predicted molar refractivity (Wildman–Crippen MR) is 126 cm³/mol. The average Bonchev–Trinajstić information content (AvgIpc) is 3.25. The van der Waals surface area contributed by atoms with Crippen LogP contribution in [0.25, 0.3) is 0 Å². The molecule has 0 N–H and O–H groups in total. The standard InChI is InChI=1S/C28H22O7/c1-2-28(35-27(31)22-16-10-5-11-17-22)19-33-23(18-32-25(29)20-12-6-3-7-13-20)24(28)34-26(30)21-14-8-4-9-15-21/h1,3-17,23-24H,18-19H2. The van der Waals surface area contributed by atoms with Crippen LogP contribution >= 0.6 is 0 Å². The van der Waals surface area contributed by atoms with Crippen LogP contribution in [0.15, 0.2) is 91.0 Å². The number of esters is 3. The van der Waals surface area contributed by atoms with E-state index in [4.69, 9.17) is 25.4 Å². The quantitative estimate of drug-likeness (QED) is 0.296. The number of carbonyl (C=O) groups is 3. The van der Waals surface area contributed by atoms with Gasteiger partial charge in [-0.2, -0.15) is 0 Å². The lowest BCUT2D eigenvalue weighted by Crippen LogP contribution is -2.50. The maximum Gasteiger partial charge on any atom is 0.339 e. The molecule has 1 saturated heterocycles. The molecule has 3 unspecified atom stereocenters. The van der Waals surface area contributed by atoms with E-state index in [0.717, 1.165) is 0 Å². The smallest absolute Gasteiger partial charge is 0.339 e. The first kappa shape index (κ1) is 23.7. The van der Waals surface area contributed by atoms with Gasteiger partial charge in [0.15, 0.2) is 6.10 Å². The fourth-order valence-electron chi connectivity index (χ4n) is 3.62. The van der Waals surface area contributed by atoms with E-state index in [-0.39, 0.29) is 24.3 Å². The van der Waals surface area contributed by atoms with Gasteiger partial charge in [-0.1, -0.05) is 60.5 Å². The highest BCUT2D eigenvalue weighted by atomic mass is 16.7. The van der Waals surface area contributed by atoms with Crippen molar-refractivity contribution in [3.05, 3.63) is 108 Å². The largest absolute Gasteiger partial charge is 0.459 e. The third-order valence-corrected chi connectivity index (χ3v) is 5.47. The fourth-order valence-corrected chi connectivity index (χ4v) is 3.62. The van der Waals surface area contributed by atoms with Crippen LogP contribution in [0.1, 0.15) is 31.1 Å². The van der Waals surface area contributed by atoms with Crippen molar-refractivity contribution in [2.45, 2.75) is 17.8 Å². The third-order valence-electron chi connectivity index (χ3n) is 5.47. The van der Waals surface area contributed by atoms with Crippen molar-refractivity contribution in [3.8, 4) is 12.3 Å². The molecule has 0 spiro atoms. The Morgan fingerprint density at radius 2 is 1.29 bits per heavy atom. The normalized spacial score (nSPS) is 20.9. The molecule has 3 aromatic rings. The first-order chi connectivity index (χ1) is 17.0. The van der Waals surface area contributed by atoms with Crippen LogP contribution in [0.2, 0.25) is 0 Å². The molecule has 0 aromatic heterocycles. The van der Waals surface area contributed by atoms with Crippen LogP contribution in [-0.4, -0.2) is 48.9 Å². The van der Waals surface area contributed by atoms with Crippen molar-refractivity contribution in [2.75, 3.05) is 13.2 Å². The molecule has 7 heteroatoms. The SMILES string of the molecule is C#CC1(OC(=O)c2ccccc2)COC(COC(=O)c2ccccc2)C1OC(=O)c1ccccc1. The minimum Gasteiger partial charge on any atom is -0.459 e. The van der Waals surface area contributed by atoms with Gasteiger partial charge in [-0.3, -0.25) is 0 Å². The lowest BCUT2D eigenvalue weighted by molar-refractivity contribution is -0.0607. The second-order valence-corrected chi connectivity index (χ2v) is 7.80. The van der Waals surface area contributed by atoms with E-state index in [1.165, 1.54) is 0 Å². The summed E-state index contributed by atoms with van der Waals surface area (Å²) in [5.74, 6) is 0.483. The van der Waals surface area contributed by atoms with E-state index in [1.807, 2.05) is 0 Å². The highest BCUT2D eigenvalue weighted by Gasteiger charge is 2.55. The topological polar surface area (TPSA) is 88.1 Å². The number of terminal acetylenes is 1. The second kappa shape index (κ2) is 10.7. The highest BCUT2D eigenvalue weighted by Crippen LogP contribution is 2.33. The van der Waals surface area contributed by atoms with Gasteiger partial charge in [0.25, 0.3) is 0 Å². The van der Waals surface area contributed by atoms with Gasteiger partial charge in [0.05, 0.1) is 16.7 Å². The molecule has 1 aliphatic rings. The minimum absolute atomic E-state index is 0.248. The molecule has 0 radical (unpaired) electrons. The van der Waals surface area contributed by atoms with Crippen molar-refractivity contribution >= 4 is 17.9 Å². The van der Waals surface area contributed by atoms with Gasteiger partial charge in [-0.25, -0.2) is 14.4 Å². The predicted octanol–water partition coefficient (Wildman–Crippen LogP) is 3.70. The van der Waals surface area contributed by atoms with Crippen LogP contribution in [-0.2, 0) is 18.9 Å². The second-order valence-electron chi connectivity index (χ2n) is 7.80. The lowest BCUT2D eigenvalue weighted by atomic mass is 9.96. The monoisotopic (exact) mass is 470 g/mol. The molecule has 1 heterocycles. The molecule has 4 rings (SSSR count). The Hall–Kier alpha value is -4.41. The van der Waals surface area contributed by atoms with Crippen molar-refractivity contribution in [1.82, 2.24) is 0 Å². The minimum atomic E-state index is -1.72. The van der Waals surface area contributed by atoms with Gasteiger partial charge in [0.2, 0.25) is 5.60 Å². The summed E-state index contributed by atoms with van der Waals surface area (Å²) < 4.78 is 22.6. The van der Waals surface area contributed by atoms with Gasteiger partial charge in [-0.05, 0) is 36.4 Å². The number of ether oxygens (including phenoxy) is 4. The molecule has 0 aliphatic carbocycles. The molecule has 35 heavy (non-hydrogen) atoms. The van der Waals surface area contributed by atoms with Crippen LogP contribution < -0.4 is 0 Å². The maximum atomic E-state index is 12.9. The summed E-state index contributed by atoms with van der Waals surface area (Å²) >= 11 is 0. The maximum absolute atomic E-state index is 12.9. The average molecular weight is 470 g/mol. The molecule has 7 nitrogen and oxygen atoms in total. The van der Waals surface area contributed by atoms with E-state index in [9.17, 15) is 14.4 Å². The molecule has 0 bridgehead atoms. The molecular formula is C28H22O7. The number of rotatable bonds is 7. The van der Waals surface area contributed by atoms with E-state index in [0.29, 0.717) is 5.56 Å². The summed E-state index contributed by atoms with van der Waals surface area (Å²) in [5, 5.41) is 0. The summed E-state index contributed by atoms with van der Waals surface area (Å²) in [6, 6.07) is 25.0. The summed E-state index contributed by atoms with van der Waals surface area (Å²) in [7, 11) is 0. The number of benzene rings is 3. The fraction of sp³-hybridized carbons (Fsp3) is 0.179. The molecule has 176 valence electrons. The van der Waals surface area contributed by atoms with Crippen LogP contribution in [0.4, 0.5) is 0 Å². The Morgan fingerprint density at radius 3 is 1.80 bits per heavy atom. The molecule has 3 aromatic carbocycles. The van der Waals surface area contributed by atoms with E-state index in [1.54, 1.807) is 91.0 Å². The summed E-state index contributed by atoms with van der Waals surface area (Å²) in [6.07, 6.45) is 3.61. The van der Waals surface area contributed by atoms with Crippen molar-refractivity contribution in [1.29, 1.82) is 0 Å². The lowest BCUT2D eigenvalue weighted by Gasteiger charge is -2.30. The first-order valence-electron chi connectivity index (χ1n) is 10.9. The molecule has 1 aliphatic heterocycles. The van der Waals surface area contributed by atoms with E-state index >= 15 is 0 Å². The number of hydrogen-bond donors (Lipinski definition) is 0. The van der Waals surface area contributed by atoms with Crippen molar-refractivity contribution < 1.29 is 33.3 Å². The molecule has 0 saturated carbocycles. The molecular weight excluding hydrogens is 448 g/mol. The number of hydrogen-bond acceptors (Lipinski definition) is 7. The Labute approximate surface area is 202 Å². The van der Waals surface area contributed by atoms with E-state index < -0.39 is 35.7 Å². The zero-order valence-corrected chi connectivity index (χ0v) is 18.7. The number of carbonyl (C=O) groups excluding carboxylic acids is 3. The van der Waals surface area contributed by atoms with E-state index in [2.05, 4.69) is 5.92 Å². The highest BCUT2D eigenvalue weighted by molar-refractivity contribution is 5.91. The Kier molecular flexibility index (Phi) is 7.24. The Morgan fingerprint density at radius 1 is 0.800 bits per heavy atom. The summed E-state index contributed by atoms with van der Waals surface area (Å²) in [5.41, 5.74) is -0.822. The molecule has 0 amide bonds.